The van der Waals surface area contributed by atoms with Gasteiger partial charge < -0.3 is 24.8 Å². The van der Waals surface area contributed by atoms with Crippen molar-refractivity contribution in [1.82, 2.24) is 9.97 Å². The highest BCUT2D eigenvalue weighted by Crippen LogP contribution is 2.35. The molecule has 0 bridgehead atoms. The molecule has 2 N–H and O–H groups in total. The fraction of sp³-hybridized carbons (Fsp3) is 0.545. The van der Waals surface area contributed by atoms with E-state index >= 15 is 0 Å². The van der Waals surface area contributed by atoms with Crippen molar-refractivity contribution in [3.05, 3.63) is 29.8 Å². The van der Waals surface area contributed by atoms with Gasteiger partial charge in [0.25, 0.3) is 0 Å². The monoisotopic (exact) mass is 430 g/mol. The van der Waals surface area contributed by atoms with Crippen LogP contribution in [0.1, 0.15) is 32.3 Å². The molecule has 2 rings (SSSR count). The van der Waals surface area contributed by atoms with E-state index in [1.54, 1.807) is 14.2 Å². The summed E-state index contributed by atoms with van der Waals surface area (Å²) in [7, 11) is 3.37. The summed E-state index contributed by atoms with van der Waals surface area (Å²) in [4.78, 5) is 9.10. The zero-order valence-electron chi connectivity index (χ0n) is 19.0. The molecule has 0 aliphatic rings. The second-order valence-electron chi connectivity index (χ2n) is 6.75. The Morgan fingerprint density at radius 1 is 0.871 bits per heavy atom. The third-order valence-electron chi connectivity index (χ3n) is 4.37. The topological polar surface area (TPSA) is 102 Å². The lowest BCUT2D eigenvalue weighted by atomic mass is 10.2. The molecule has 1 heterocycles. The Hall–Kier alpha value is -2.78. The van der Waals surface area contributed by atoms with Gasteiger partial charge in [-0.3, -0.25) is 0 Å². The van der Waals surface area contributed by atoms with Crippen LogP contribution >= 0.6 is 0 Å². The summed E-state index contributed by atoms with van der Waals surface area (Å²) in [6.45, 7) is 7.16. The van der Waals surface area contributed by atoms with E-state index in [-0.39, 0.29) is 0 Å². The maximum Gasteiger partial charge on any atom is 0.249 e. The number of aromatic nitrogens is 2. The Morgan fingerprint density at radius 3 is 2.16 bits per heavy atom. The van der Waals surface area contributed by atoms with Gasteiger partial charge >= 0.3 is 0 Å². The Morgan fingerprint density at radius 2 is 1.55 bits per heavy atom. The molecule has 1 aromatic heterocycles. The van der Waals surface area contributed by atoms with E-state index in [0.717, 1.165) is 24.9 Å². The molecule has 1 aromatic carbocycles. The van der Waals surface area contributed by atoms with Gasteiger partial charge in [0.1, 0.15) is 0 Å². The molecule has 0 aliphatic carbocycles. The predicted octanol–water partition coefficient (Wildman–Crippen LogP) is 4.75. The molecular formula is C22H34N6O3. The van der Waals surface area contributed by atoms with Crippen molar-refractivity contribution in [3.8, 4) is 5.88 Å². The summed E-state index contributed by atoms with van der Waals surface area (Å²) >= 11 is 0. The molecule has 31 heavy (non-hydrogen) atoms. The zero-order chi connectivity index (χ0) is 22.3. The van der Waals surface area contributed by atoms with E-state index in [2.05, 4.69) is 37.8 Å². The number of nitrogens with zero attached hydrogens (tertiary/aromatic N) is 4. The third kappa shape index (κ3) is 8.47. The molecule has 2 aromatic rings. The number of rotatable bonds is 15. The lowest BCUT2D eigenvalue weighted by Crippen LogP contribution is -2.12. The maximum absolute atomic E-state index is 5.76. The highest BCUT2D eigenvalue weighted by molar-refractivity contribution is 5.68. The highest BCUT2D eigenvalue weighted by Gasteiger charge is 2.16. The molecule has 0 amide bonds. The van der Waals surface area contributed by atoms with Crippen LogP contribution in [0.5, 0.6) is 5.88 Å². The van der Waals surface area contributed by atoms with Crippen molar-refractivity contribution in [2.24, 2.45) is 10.2 Å². The van der Waals surface area contributed by atoms with Crippen LogP contribution in [0.4, 0.5) is 23.1 Å². The Bertz CT molecular complexity index is 799. The fourth-order valence-electron chi connectivity index (χ4n) is 2.71. The maximum atomic E-state index is 5.76. The van der Waals surface area contributed by atoms with Crippen LogP contribution in [-0.2, 0) is 15.9 Å². The summed E-state index contributed by atoms with van der Waals surface area (Å²) in [5.74, 6) is 1.42. The molecule has 0 saturated heterocycles. The normalized spacial score (nSPS) is 11.1. The first kappa shape index (κ1) is 24.5. The average Bonchev–Trinajstić information content (AvgIpc) is 2.79. The molecule has 0 spiro atoms. The summed E-state index contributed by atoms with van der Waals surface area (Å²) in [6, 6.07) is 7.98. The van der Waals surface area contributed by atoms with Crippen molar-refractivity contribution in [2.45, 2.75) is 33.1 Å². The smallest absolute Gasteiger partial charge is 0.249 e. The highest BCUT2D eigenvalue weighted by atomic mass is 16.5. The van der Waals surface area contributed by atoms with Crippen LogP contribution in [-0.4, -0.2) is 57.1 Å². The number of benzene rings is 1. The van der Waals surface area contributed by atoms with E-state index in [4.69, 9.17) is 14.2 Å². The first-order valence-electron chi connectivity index (χ1n) is 10.7. The largest absolute Gasteiger partial charge is 0.476 e. The number of nitrogens with one attached hydrogen (secondary N) is 2. The van der Waals surface area contributed by atoms with Crippen molar-refractivity contribution in [1.29, 1.82) is 0 Å². The van der Waals surface area contributed by atoms with Crippen LogP contribution < -0.4 is 15.4 Å². The zero-order valence-corrected chi connectivity index (χ0v) is 19.0. The molecule has 0 fully saturated rings. The van der Waals surface area contributed by atoms with Gasteiger partial charge in [-0.1, -0.05) is 19.1 Å². The second kappa shape index (κ2) is 14.3. The first-order valence-corrected chi connectivity index (χ1v) is 10.7. The number of azo groups is 1. The molecule has 170 valence electrons. The lowest BCUT2D eigenvalue weighted by Gasteiger charge is -2.14. The van der Waals surface area contributed by atoms with Crippen molar-refractivity contribution in [3.63, 3.8) is 0 Å². The predicted molar refractivity (Wildman–Crippen MR) is 123 cm³/mol. The van der Waals surface area contributed by atoms with E-state index in [1.165, 1.54) is 5.56 Å². The molecule has 0 aliphatic heterocycles. The van der Waals surface area contributed by atoms with Gasteiger partial charge in [0.2, 0.25) is 11.8 Å². The minimum absolute atomic E-state index is 0.384. The minimum atomic E-state index is 0.384. The van der Waals surface area contributed by atoms with Crippen LogP contribution in [0, 0.1) is 0 Å². The van der Waals surface area contributed by atoms with Gasteiger partial charge in [0.15, 0.2) is 11.5 Å². The SMILES string of the molecule is CCOc1nc(NCCCOC)nc(NCCCOC)c1N=Nc1ccc(CC)cc1. The number of aryl methyl sites for hydroxylation is 1. The van der Waals surface area contributed by atoms with Crippen LogP contribution in [0.3, 0.4) is 0 Å². The number of anilines is 2. The minimum Gasteiger partial charge on any atom is -0.476 e. The quantitative estimate of drug-likeness (QED) is 0.310. The number of hydrogen-bond donors (Lipinski definition) is 2. The van der Waals surface area contributed by atoms with E-state index in [1.807, 2.05) is 31.2 Å². The van der Waals surface area contributed by atoms with E-state index < -0.39 is 0 Å². The molecule has 0 saturated carbocycles. The van der Waals surface area contributed by atoms with Gasteiger partial charge in [0, 0.05) is 40.5 Å². The van der Waals surface area contributed by atoms with Crippen LogP contribution in [0.15, 0.2) is 34.5 Å². The fourth-order valence-corrected chi connectivity index (χ4v) is 2.71. The molecule has 0 atom stereocenters. The Kier molecular flexibility index (Phi) is 11.3. The molecule has 0 unspecified atom stereocenters. The summed E-state index contributed by atoms with van der Waals surface area (Å²) in [5, 5.41) is 15.3. The van der Waals surface area contributed by atoms with Gasteiger partial charge in [-0.2, -0.15) is 15.1 Å². The molecule has 9 nitrogen and oxygen atoms in total. The Balaban J connectivity index is 2.29. The molecule has 9 heteroatoms. The van der Waals surface area contributed by atoms with E-state index in [0.29, 0.717) is 56.2 Å². The van der Waals surface area contributed by atoms with Gasteiger partial charge in [-0.05, 0) is 43.9 Å². The van der Waals surface area contributed by atoms with Crippen LogP contribution in [0.2, 0.25) is 0 Å². The molecule has 0 radical (unpaired) electrons. The van der Waals surface area contributed by atoms with E-state index in [9.17, 15) is 0 Å². The average molecular weight is 431 g/mol. The van der Waals surface area contributed by atoms with Gasteiger partial charge in [0.05, 0.1) is 12.3 Å². The standard InChI is InChI=1S/C22H34N6O3/c1-5-17-9-11-18(12-10-17)27-28-19-20(23-13-7-15-29-3)25-22(24-14-8-16-30-4)26-21(19)31-6-2/h9-12H,5-8,13-16H2,1-4H3,(H2,23,24,25,26). The van der Waals surface area contributed by atoms with Crippen LogP contribution in [0.25, 0.3) is 0 Å². The van der Waals surface area contributed by atoms with Crippen molar-refractivity contribution < 1.29 is 14.2 Å². The summed E-state index contributed by atoms with van der Waals surface area (Å²) < 4.78 is 16.0. The van der Waals surface area contributed by atoms with Crippen molar-refractivity contribution in [2.75, 3.05) is 57.8 Å². The summed E-state index contributed by atoms with van der Waals surface area (Å²) in [5.41, 5.74) is 2.48. The Labute approximate surface area is 184 Å². The molecular weight excluding hydrogens is 396 g/mol. The number of methoxy groups -OCH3 is 2. The van der Waals surface area contributed by atoms with Crippen molar-refractivity contribution >= 4 is 23.1 Å². The number of ether oxygens (including phenoxy) is 3. The summed E-state index contributed by atoms with van der Waals surface area (Å²) in [6.07, 6.45) is 2.65. The number of hydrogen-bond acceptors (Lipinski definition) is 9. The van der Waals surface area contributed by atoms with Gasteiger partial charge in [-0.15, -0.1) is 5.11 Å². The second-order valence-corrected chi connectivity index (χ2v) is 6.75. The lowest BCUT2D eigenvalue weighted by molar-refractivity contribution is 0.197. The third-order valence-corrected chi connectivity index (χ3v) is 4.37. The first-order chi connectivity index (χ1) is 15.2. The van der Waals surface area contributed by atoms with Gasteiger partial charge in [-0.25, -0.2) is 0 Å².